The summed E-state index contributed by atoms with van der Waals surface area (Å²) in [5.74, 6) is -0.133. The van der Waals surface area contributed by atoms with Gasteiger partial charge in [-0.15, -0.1) is 0 Å². The molecule has 0 bridgehead atoms. The van der Waals surface area contributed by atoms with E-state index in [1.807, 2.05) is 25.1 Å². The molecule has 0 saturated heterocycles. The van der Waals surface area contributed by atoms with E-state index < -0.39 is 11.8 Å². The van der Waals surface area contributed by atoms with Crippen molar-refractivity contribution >= 4 is 17.6 Å². The van der Waals surface area contributed by atoms with Crippen LogP contribution in [0, 0.1) is 5.82 Å². The molecule has 2 N–H and O–H groups in total. The van der Waals surface area contributed by atoms with Crippen LogP contribution in [0.15, 0.2) is 60.7 Å². The number of nitrogens with one attached hydrogen (secondary N) is 1. The first kappa shape index (κ1) is 22.6. The molecule has 0 heterocycles. The second kappa shape index (κ2) is 10.8. The standard InChI is InChI=1S/C24H23ClFNO4/c1-2-30-23-11-17(14-27-13-16-3-6-18(7-4-16)24(28)29)5-10-22(23)31-15-19-8-9-20(26)12-21(19)25/h3-12,27H,2,13-15H2,1H3,(H,28,29). The first-order valence-corrected chi connectivity index (χ1v) is 10.2. The van der Waals surface area contributed by atoms with Gasteiger partial charge >= 0.3 is 5.97 Å². The van der Waals surface area contributed by atoms with Crippen molar-refractivity contribution in [1.29, 1.82) is 0 Å². The molecule has 3 aromatic carbocycles. The van der Waals surface area contributed by atoms with Gasteiger partial charge in [-0.2, -0.15) is 0 Å². The molecule has 3 rings (SSSR count). The van der Waals surface area contributed by atoms with Gasteiger partial charge in [0.2, 0.25) is 0 Å². The molecular weight excluding hydrogens is 421 g/mol. The van der Waals surface area contributed by atoms with Gasteiger partial charge in [0.1, 0.15) is 12.4 Å². The molecule has 0 radical (unpaired) electrons. The number of carboxylic acids is 1. The zero-order chi connectivity index (χ0) is 22.2. The molecule has 0 amide bonds. The van der Waals surface area contributed by atoms with E-state index in [1.165, 1.54) is 12.1 Å². The first-order chi connectivity index (χ1) is 15.0. The number of hydrogen-bond donors (Lipinski definition) is 2. The molecule has 0 aromatic heterocycles. The van der Waals surface area contributed by atoms with Crippen molar-refractivity contribution in [2.24, 2.45) is 0 Å². The third kappa shape index (κ3) is 6.44. The molecule has 0 atom stereocenters. The van der Waals surface area contributed by atoms with Crippen LogP contribution in [0.1, 0.15) is 34.0 Å². The molecule has 0 unspecified atom stereocenters. The number of carbonyl (C=O) groups is 1. The zero-order valence-electron chi connectivity index (χ0n) is 17.0. The smallest absolute Gasteiger partial charge is 0.335 e. The van der Waals surface area contributed by atoms with Gasteiger partial charge in [0.15, 0.2) is 11.5 Å². The average Bonchev–Trinajstić information content (AvgIpc) is 2.75. The summed E-state index contributed by atoms with van der Waals surface area (Å²) in [7, 11) is 0. The first-order valence-electron chi connectivity index (χ1n) is 9.81. The summed E-state index contributed by atoms with van der Waals surface area (Å²) in [6.07, 6.45) is 0. The van der Waals surface area contributed by atoms with Crippen LogP contribution < -0.4 is 14.8 Å². The maximum Gasteiger partial charge on any atom is 0.335 e. The van der Waals surface area contributed by atoms with E-state index in [2.05, 4.69) is 5.32 Å². The summed E-state index contributed by atoms with van der Waals surface area (Å²) >= 11 is 6.07. The molecule has 0 fully saturated rings. The Bertz CT molecular complexity index is 1040. The number of ether oxygens (including phenoxy) is 2. The second-order valence-electron chi connectivity index (χ2n) is 6.84. The number of hydrogen-bond acceptors (Lipinski definition) is 4. The largest absolute Gasteiger partial charge is 0.490 e. The SMILES string of the molecule is CCOc1cc(CNCc2ccc(C(=O)O)cc2)ccc1OCc1ccc(F)cc1Cl. The molecule has 0 spiro atoms. The normalized spacial score (nSPS) is 10.7. The highest BCUT2D eigenvalue weighted by Gasteiger charge is 2.09. The number of rotatable bonds is 10. The Morgan fingerprint density at radius 1 is 0.968 bits per heavy atom. The van der Waals surface area contributed by atoms with E-state index in [0.717, 1.165) is 11.1 Å². The Kier molecular flexibility index (Phi) is 7.87. The lowest BCUT2D eigenvalue weighted by Crippen LogP contribution is -2.13. The Hall–Kier alpha value is -3.09. The van der Waals surface area contributed by atoms with Gasteiger partial charge in [-0.05, 0) is 54.4 Å². The predicted octanol–water partition coefficient (Wildman–Crippen LogP) is 5.44. The molecule has 31 heavy (non-hydrogen) atoms. The molecule has 0 aliphatic rings. The predicted molar refractivity (Wildman–Crippen MR) is 117 cm³/mol. The van der Waals surface area contributed by atoms with Crippen LogP contribution in [0.2, 0.25) is 5.02 Å². The van der Waals surface area contributed by atoms with Crippen molar-refractivity contribution in [2.45, 2.75) is 26.6 Å². The quantitative estimate of drug-likeness (QED) is 0.436. The lowest BCUT2D eigenvalue weighted by molar-refractivity contribution is 0.0697. The fourth-order valence-electron chi connectivity index (χ4n) is 2.96. The summed E-state index contributed by atoms with van der Waals surface area (Å²) in [5, 5.41) is 12.6. The summed E-state index contributed by atoms with van der Waals surface area (Å²) in [4.78, 5) is 10.9. The maximum atomic E-state index is 13.2. The lowest BCUT2D eigenvalue weighted by atomic mass is 10.1. The maximum absolute atomic E-state index is 13.2. The Morgan fingerprint density at radius 2 is 1.68 bits per heavy atom. The van der Waals surface area contributed by atoms with E-state index >= 15 is 0 Å². The van der Waals surface area contributed by atoms with Gasteiger partial charge in [0, 0.05) is 18.7 Å². The minimum atomic E-state index is -0.938. The molecule has 3 aromatic rings. The molecule has 0 aliphatic heterocycles. The fraction of sp³-hybridized carbons (Fsp3) is 0.208. The molecular formula is C24H23ClFNO4. The number of halogens is 2. The molecule has 7 heteroatoms. The topological polar surface area (TPSA) is 67.8 Å². The third-order valence-corrected chi connectivity index (χ3v) is 4.92. The van der Waals surface area contributed by atoms with Crippen LogP contribution >= 0.6 is 11.6 Å². The van der Waals surface area contributed by atoms with Crippen molar-refractivity contribution in [1.82, 2.24) is 5.32 Å². The zero-order valence-corrected chi connectivity index (χ0v) is 17.8. The number of carboxylic acid groups (broad SMARTS) is 1. The summed E-state index contributed by atoms with van der Waals surface area (Å²) < 4.78 is 24.8. The second-order valence-corrected chi connectivity index (χ2v) is 7.25. The van der Waals surface area contributed by atoms with Gasteiger partial charge in [0.25, 0.3) is 0 Å². The lowest BCUT2D eigenvalue weighted by Gasteiger charge is -2.14. The van der Waals surface area contributed by atoms with E-state index in [0.29, 0.717) is 41.8 Å². The van der Waals surface area contributed by atoms with Crippen molar-refractivity contribution in [3.8, 4) is 11.5 Å². The molecule has 0 aliphatic carbocycles. The minimum absolute atomic E-state index is 0.198. The van der Waals surface area contributed by atoms with E-state index in [9.17, 15) is 9.18 Å². The highest BCUT2D eigenvalue weighted by atomic mass is 35.5. The van der Waals surface area contributed by atoms with Gasteiger partial charge < -0.3 is 19.9 Å². The Morgan fingerprint density at radius 3 is 2.35 bits per heavy atom. The van der Waals surface area contributed by atoms with E-state index in [4.69, 9.17) is 26.2 Å². The number of benzene rings is 3. The highest BCUT2D eigenvalue weighted by Crippen LogP contribution is 2.30. The van der Waals surface area contributed by atoms with Crippen LogP contribution in [0.3, 0.4) is 0 Å². The van der Waals surface area contributed by atoms with Crippen LogP contribution in [0.4, 0.5) is 4.39 Å². The molecule has 5 nitrogen and oxygen atoms in total. The minimum Gasteiger partial charge on any atom is -0.490 e. The van der Waals surface area contributed by atoms with Crippen LogP contribution in [0.5, 0.6) is 11.5 Å². The highest BCUT2D eigenvalue weighted by molar-refractivity contribution is 6.31. The fourth-order valence-corrected chi connectivity index (χ4v) is 3.18. The van der Waals surface area contributed by atoms with Gasteiger partial charge in [-0.1, -0.05) is 35.9 Å². The molecule has 162 valence electrons. The van der Waals surface area contributed by atoms with Gasteiger partial charge in [-0.3, -0.25) is 0 Å². The third-order valence-electron chi connectivity index (χ3n) is 4.57. The van der Waals surface area contributed by atoms with Crippen molar-refractivity contribution in [3.05, 3.63) is 93.8 Å². The van der Waals surface area contributed by atoms with Crippen molar-refractivity contribution in [3.63, 3.8) is 0 Å². The van der Waals surface area contributed by atoms with Crippen LogP contribution in [-0.2, 0) is 19.7 Å². The van der Waals surface area contributed by atoms with E-state index in [1.54, 1.807) is 30.3 Å². The average molecular weight is 444 g/mol. The summed E-state index contributed by atoms with van der Waals surface area (Å²) in [5.41, 5.74) is 2.96. The number of aromatic carboxylic acids is 1. The van der Waals surface area contributed by atoms with E-state index in [-0.39, 0.29) is 12.2 Å². The summed E-state index contributed by atoms with van der Waals surface area (Å²) in [6, 6.07) is 16.6. The molecule has 0 saturated carbocycles. The van der Waals surface area contributed by atoms with Crippen LogP contribution in [0.25, 0.3) is 0 Å². The van der Waals surface area contributed by atoms with Gasteiger partial charge in [-0.25, -0.2) is 9.18 Å². The Balaban J connectivity index is 1.60. The van der Waals surface area contributed by atoms with Crippen molar-refractivity contribution < 1.29 is 23.8 Å². The monoisotopic (exact) mass is 443 g/mol. The van der Waals surface area contributed by atoms with Crippen molar-refractivity contribution in [2.75, 3.05) is 6.61 Å². The van der Waals surface area contributed by atoms with Crippen LogP contribution in [-0.4, -0.2) is 17.7 Å². The Labute approximate surface area is 185 Å². The van der Waals surface area contributed by atoms with Gasteiger partial charge in [0.05, 0.1) is 17.2 Å². The summed E-state index contributed by atoms with van der Waals surface area (Å²) in [6.45, 7) is 3.78.